The Balaban J connectivity index is 1.68. The van der Waals surface area contributed by atoms with Crippen LogP contribution in [0, 0.1) is 0 Å². The molecule has 2 aromatic rings. The number of sulfonamides is 1. The van der Waals surface area contributed by atoms with Crippen LogP contribution in [0.25, 0.3) is 0 Å². The van der Waals surface area contributed by atoms with Crippen LogP contribution in [0.4, 0.5) is 11.4 Å². The standard InChI is InChI=1S/C19H20N2O6S/c1-3-25-18-7-12-6-11(2)27-17(12)9-15(18)21-28(23,24)13-4-5-16-14(8-13)20-19(22)10-26-16/h4-5,7-9,11,21H,3,6,10H2,1-2H3,(H,20,22). The minimum absolute atomic E-state index is 0.00529. The molecule has 2 aliphatic rings. The van der Waals surface area contributed by atoms with Crippen molar-refractivity contribution in [3.05, 3.63) is 35.9 Å². The van der Waals surface area contributed by atoms with Gasteiger partial charge in [-0.05, 0) is 38.1 Å². The molecule has 28 heavy (non-hydrogen) atoms. The maximum atomic E-state index is 12.9. The van der Waals surface area contributed by atoms with Gasteiger partial charge in [-0.3, -0.25) is 9.52 Å². The summed E-state index contributed by atoms with van der Waals surface area (Å²) in [5.41, 5.74) is 1.59. The molecule has 0 aliphatic carbocycles. The van der Waals surface area contributed by atoms with Gasteiger partial charge in [-0.2, -0.15) is 0 Å². The summed E-state index contributed by atoms with van der Waals surface area (Å²) in [6.07, 6.45) is 0.771. The molecule has 0 saturated heterocycles. The predicted molar refractivity (Wildman–Crippen MR) is 103 cm³/mol. The van der Waals surface area contributed by atoms with E-state index in [2.05, 4.69) is 10.0 Å². The maximum absolute atomic E-state index is 12.9. The van der Waals surface area contributed by atoms with Crippen molar-refractivity contribution in [3.63, 3.8) is 0 Å². The molecule has 8 nitrogen and oxygen atoms in total. The van der Waals surface area contributed by atoms with Crippen molar-refractivity contribution in [2.45, 2.75) is 31.3 Å². The van der Waals surface area contributed by atoms with Crippen molar-refractivity contribution in [2.75, 3.05) is 23.3 Å². The van der Waals surface area contributed by atoms with Crippen LogP contribution in [0.1, 0.15) is 19.4 Å². The first kappa shape index (κ1) is 18.4. The highest BCUT2D eigenvalue weighted by atomic mass is 32.2. The summed E-state index contributed by atoms with van der Waals surface area (Å²) in [7, 11) is -3.93. The lowest BCUT2D eigenvalue weighted by molar-refractivity contribution is -0.118. The molecule has 2 heterocycles. The van der Waals surface area contributed by atoms with E-state index in [9.17, 15) is 13.2 Å². The SMILES string of the molecule is CCOc1cc2c(cc1NS(=O)(=O)c1ccc3c(c1)NC(=O)CO3)OC(C)C2. The molecular weight excluding hydrogens is 384 g/mol. The summed E-state index contributed by atoms with van der Waals surface area (Å²) in [4.78, 5) is 11.5. The van der Waals surface area contributed by atoms with Crippen LogP contribution in [0.2, 0.25) is 0 Å². The van der Waals surface area contributed by atoms with Gasteiger partial charge in [-0.15, -0.1) is 0 Å². The van der Waals surface area contributed by atoms with Crippen molar-refractivity contribution in [3.8, 4) is 17.2 Å². The highest BCUT2D eigenvalue weighted by Crippen LogP contribution is 2.39. The second-order valence-corrected chi connectivity index (χ2v) is 8.30. The van der Waals surface area contributed by atoms with Crippen LogP contribution in [0.15, 0.2) is 35.2 Å². The first-order valence-electron chi connectivity index (χ1n) is 8.91. The van der Waals surface area contributed by atoms with Crippen LogP contribution in [0.5, 0.6) is 17.2 Å². The molecule has 148 valence electrons. The predicted octanol–water partition coefficient (Wildman–Crippen LogP) is 2.54. The third-order valence-corrected chi connectivity index (χ3v) is 5.80. The van der Waals surface area contributed by atoms with E-state index in [0.29, 0.717) is 35.2 Å². The second kappa shape index (κ2) is 6.90. The van der Waals surface area contributed by atoms with Gasteiger partial charge in [-0.1, -0.05) is 0 Å². The van der Waals surface area contributed by atoms with Crippen LogP contribution < -0.4 is 24.2 Å². The Hall–Kier alpha value is -2.94. The quantitative estimate of drug-likeness (QED) is 0.794. The molecule has 0 fully saturated rings. The number of hydrogen-bond acceptors (Lipinski definition) is 6. The average molecular weight is 404 g/mol. The minimum Gasteiger partial charge on any atom is -0.492 e. The molecule has 1 atom stereocenters. The smallest absolute Gasteiger partial charge is 0.262 e. The van der Waals surface area contributed by atoms with Crippen LogP contribution in [0.3, 0.4) is 0 Å². The van der Waals surface area contributed by atoms with E-state index in [0.717, 1.165) is 12.0 Å². The van der Waals surface area contributed by atoms with Gasteiger partial charge in [0.05, 0.1) is 22.9 Å². The van der Waals surface area contributed by atoms with Gasteiger partial charge in [-0.25, -0.2) is 8.42 Å². The molecular formula is C19H20N2O6S. The molecule has 0 bridgehead atoms. The summed E-state index contributed by atoms with van der Waals surface area (Å²) in [6.45, 7) is 4.08. The number of anilines is 2. The average Bonchev–Trinajstić information content (AvgIpc) is 3.00. The second-order valence-electron chi connectivity index (χ2n) is 6.62. The number of amides is 1. The van der Waals surface area contributed by atoms with Crippen molar-refractivity contribution < 1.29 is 27.4 Å². The number of nitrogens with one attached hydrogen (secondary N) is 2. The third kappa shape index (κ3) is 3.45. The zero-order chi connectivity index (χ0) is 19.9. The zero-order valence-electron chi connectivity index (χ0n) is 15.4. The van der Waals surface area contributed by atoms with Gasteiger partial charge in [0.15, 0.2) is 6.61 Å². The van der Waals surface area contributed by atoms with E-state index in [1.807, 2.05) is 13.8 Å². The van der Waals surface area contributed by atoms with Crippen LogP contribution >= 0.6 is 0 Å². The molecule has 0 spiro atoms. The lowest BCUT2D eigenvalue weighted by Gasteiger charge is -2.19. The molecule has 2 N–H and O–H groups in total. The Morgan fingerprint density at radius 2 is 2.07 bits per heavy atom. The van der Waals surface area contributed by atoms with Gasteiger partial charge in [0.2, 0.25) is 0 Å². The maximum Gasteiger partial charge on any atom is 0.262 e. The molecule has 4 rings (SSSR count). The number of fused-ring (bicyclic) bond motifs is 2. The summed E-state index contributed by atoms with van der Waals surface area (Å²) in [5.74, 6) is 1.17. The normalized spacial score (nSPS) is 17.6. The van der Waals surface area contributed by atoms with Gasteiger partial charge in [0.25, 0.3) is 15.9 Å². The van der Waals surface area contributed by atoms with E-state index < -0.39 is 10.0 Å². The Kier molecular flexibility index (Phi) is 4.54. The monoisotopic (exact) mass is 404 g/mol. The Labute approximate surface area is 162 Å². The summed E-state index contributed by atoms with van der Waals surface area (Å²) >= 11 is 0. The van der Waals surface area contributed by atoms with Crippen molar-refractivity contribution in [1.29, 1.82) is 0 Å². The Bertz CT molecular complexity index is 1050. The molecule has 0 radical (unpaired) electrons. The highest BCUT2D eigenvalue weighted by molar-refractivity contribution is 7.92. The lowest BCUT2D eigenvalue weighted by atomic mass is 10.1. The molecule has 2 aromatic carbocycles. The van der Waals surface area contributed by atoms with Gasteiger partial charge >= 0.3 is 0 Å². The fourth-order valence-electron chi connectivity index (χ4n) is 3.23. The lowest BCUT2D eigenvalue weighted by Crippen LogP contribution is -2.25. The van der Waals surface area contributed by atoms with Gasteiger partial charge < -0.3 is 19.5 Å². The molecule has 9 heteroatoms. The minimum atomic E-state index is -3.93. The Morgan fingerprint density at radius 3 is 2.86 bits per heavy atom. The summed E-state index contributed by atoms with van der Waals surface area (Å²) < 4.78 is 45.0. The first-order valence-corrected chi connectivity index (χ1v) is 10.4. The zero-order valence-corrected chi connectivity index (χ0v) is 16.3. The van der Waals surface area contributed by atoms with E-state index in [4.69, 9.17) is 14.2 Å². The van der Waals surface area contributed by atoms with Crippen molar-refractivity contribution >= 4 is 27.3 Å². The number of benzene rings is 2. The van der Waals surface area contributed by atoms with Gasteiger partial charge in [0.1, 0.15) is 23.4 Å². The fourth-order valence-corrected chi connectivity index (χ4v) is 4.31. The number of carbonyl (C=O) groups excluding carboxylic acids is 1. The van der Waals surface area contributed by atoms with E-state index in [1.165, 1.54) is 18.2 Å². The molecule has 0 aromatic heterocycles. The molecule has 1 amide bonds. The Morgan fingerprint density at radius 1 is 1.25 bits per heavy atom. The number of carbonyl (C=O) groups is 1. The van der Waals surface area contributed by atoms with Crippen molar-refractivity contribution in [2.24, 2.45) is 0 Å². The largest absolute Gasteiger partial charge is 0.492 e. The molecule has 0 saturated carbocycles. The molecule has 2 aliphatic heterocycles. The topological polar surface area (TPSA) is 103 Å². The first-order chi connectivity index (χ1) is 13.4. The third-order valence-electron chi connectivity index (χ3n) is 4.44. The summed E-state index contributed by atoms with van der Waals surface area (Å²) in [6, 6.07) is 7.75. The van der Waals surface area contributed by atoms with Gasteiger partial charge in [0, 0.05) is 18.1 Å². The van der Waals surface area contributed by atoms with E-state index >= 15 is 0 Å². The van der Waals surface area contributed by atoms with Crippen LogP contribution in [-0.4, -0.2) is 33.6 Å². The van der Waals surface area contributed by atoms with Crippen molar-refractivity contribution in [1.82, 2.24) is 0 Å². The van der Waals surface area contributed by atoms with Crippen LogP contribution in [-0.2, 0) is 21.2 Å². The highest BCUT2D eigenvalue weighted by Gasteiger charge is 2.25. The number of rotatable bonds is 5. The fraction of sp³-hybridized carbons (Fsp3) is 0.316. The summed E-state index contributed by atoms with van der Waals surface area (Å²) in [5, 5.41) is 2.61. The number of hydrogen-bond donors (Lipinski definition) is 2. The van der Waals surface area contributed by atoms with E-state index in [-0.39, 0.29) is 23.5 Å². The molecule has 1 unspecified atom stereocenters. The van der Waals surface area contributed by atoms with E-state index in [1.54, 1.807) is 12.1 Å². The number of ether oxygens (including phenoxy) is 3.